The summed E-state index contributed by atoms with van der Waals surface area (Å²) in [4.78, 5) is 7.99. The molecule has 2 aromatic heterocycles. The fourth-order valence-electron chi connectivity index (χ4n) is 9.25. The van der Waals surface area contributed by atoms with Crippen LogP contribution >= 0.6 is 11.8 Å². The molecular formula is C51H34N4S. The molecule has 0 aliphatic carbocycles. The van der Waals surface area contributed by atoms with E-state index in [0.717, 1.165) is 16.4 Å². The van der Waals surface area contributed by atoms with E-state index in [4.69, 9.17) is 4.99 Å². The highest BCUT2D eigenvalue weighted by Gasteiger charge is 2.45. The van der Waals surface area contributed by atoms with Crippen LogP contribution in [0.3, 0.4) is 0 Å². The normalized spacial score (nSPS) is 16.2. The molecule has 12 rings (SSSR count). The molecule has 0 bridgehead atoms. The van der Waals surface area contributed by atoms with Crippen molar-refractivity contribution in [3.05, 3.63) is 206 Å². The molecule has 5 heteroatoms. The summed E-state index contributed by atoms with van der Waals surface area (Å²) in [5.74, 6) is 0. The molecule has 4 heterocycles. The SMILES string of the molecule is c1ccc(C2=NC3c4c(ccc5c(-c6ccc7c(c6)c6ccn(-c8ccccc8)c6c6ccn(-c8ccccc8)c76)cccc45)N(c4ccccc4)C3S2)cc1. The van der Waals surface area contributed by atoms with E-state index in [9.17, 15) is 0 Å². The molecule has 264 valence electrons. The highest BCUT2D eigenvalue weighted by Crippen LogP contribution is 2.56. The maximum absolute atomic E-state index is 5.48. The Hall–Kier alpha value is -6.82. The van der Waals surface area contributed by atoms with E-state index < -0.39 is 0 Å². The van der Waals surface area contributed by atoms with Gasteiger partial charge in [0.25, 0.3) is 0 Å². The van der Waals surface area contributed by atoms with Crippen molar-refractivity contribution in [2.24, 2.45) is 4.99 Å². The van der Waals surface area contributed by atoms with E-state index in [-0.39, 0.29) is 11.4 Å². The number of aromatic nitrogens is 2. The number of aliphatic imine (C=N–C) groups is 1. The number of rotatable bonds is 5. The van der Waals surface area contributed by atoms with Gasteiger partial charge in [-0.2, -0.15) is 0 Å². The molecule has 0 saturated carbocycles. The van der Waals surface area contributed by atoms with Crippen LogP contribution in [0.15, 0.2) is 199 Å². The summed E-state index contributed by atoms with van der Waals surface area (Å²) < 4.78 is 4.69. The summed E-state index contributed by atoms with van der Waals surface area (Å²) in [7, 11) is 0. The lowest BCUT2D eigenvalue weighted by Gasteiger charge is -2.26. The van der Waals surface area contributed by atoms with Crippen LogP contribution in [0.1, 0.15) is 17.2 Å². The van der Waals surface area contributed by atoms with Crippen molar-refractivity contribution < 1.29 is 0 Å². The van der Waals surface area contributed by atoms with Gasteiger partial charge in [0.2, 0.25) is 0 Å². The third-order valence-corrected chi connectivity index (χ3v) is 13.0. The van der Waals surface area contributed by atoms with Gasteiger partial charge in [-0.3, -0.25) is 4.99 Å². The molecule has 56 heavy (non-hydrogen) atoms. The number of anilines is 2. The summed E-state index contributed by atoms with van der Waals surface area (Å²) in [5, 5.41) is 8.73. The predicted molar refractivity (Wildman–Crippen MR) is 236 cm³/mol. The van der Waals surface area contributed by atoms with E-state index in [1.165, 1.54) is 77.0 Å². The molecule has 2 aliphatic heterocycles. The largest absolute Gasteiger partial charge is 0.326 e. The summed E-state index contributed by atoms with van der Waals surface area (Å²) in [6, 6.07) is 66.0. The average molecular weight is 735 g/mol. The number of fused-ring (bicyclic) bond motifs is 11. The molecule has 0 saturated heterocycles. The monoisotopic (exact) mass is 734 g/mol. The lowest BCUT2D eigenvalue weighted by molar-refractivity contribution is 0.752. The topological polar surface area (TPSA) is 25.5 Å². The maximum Gasteiger partial charge on any atom is 0.113 e. The number of nitrogens with zero attached hydrogens (tertiary/aromatic N) is 4. The van der Waals surface area contributed by atoms with Crippen LogP contribution in [-0.2, 0) is 0 Å². The lowest BCUT2D eigenvalue weighted by atomic mass is 9.91. The van der Waals surface area contributed by atoms with Crippen molar-refractivity contribution >= 4 is 71.5 Å². The molecule has 0 spiro atoms. The first kappa shape index (κ1) is 31.5. The zero-order chi connectivity index (χ0) is 36.7. The second-order valence-electron chi connectivity index (χ2n) is 14.7. The fraction of sp³-hybridized carbons (Fsp3) is 0.0392. The number of para-hydroxylation sites is 3. The van der Waals surface area contributed by atoms with Crippen LogP contribution in [0.4, 0.5) is 11.4 Å². The van der Waals surface area contributed by atoms with Crippen LogP contribution in [0.5, 0.6) is 0 Å². The molecule has 2 aliphatic rings. The van der Waals surface area contributed by atoms with Gasteiger partial charge in [-0.25, -0.2) is 0 Å². The minimum absolute atomic E-state index is 0.0115. The molecule has 8 aromatic carbocycles. The first-order valence-electron chi connectivity index (χ1n) is 19.2. The van der Waals surface area contributed by atoms with E-state index in [0.29, 0.717) is 0 Å². The van der Waals surface area contributed by atoms with Crippen molar-refractivity contribution in [2.45, 2.75) is 11.4 Å². The van der Waals surface area contributed by atoms with Gasteiger partial charge in [-0.1, -0.05) is 133 Å². The second kappa shape index (κ2) is 12.4. The Kier molecular flexibility index (Phi) is 6.95. The maximum atomic E-state index is 5.48. The molecule has 0 radical (unpaired) electrons. The van der Waals surface area contributed by atoms with Crippen molar-refractivity contribution in [2.75, 3.05) is 4.90 Å². The minimum atomic E-state index is 0.0115. The predicted octanol–water partition coefficient (Wildman–Crippen LogP) is 13.3. The van der Waals surface area contributed by atoms with E-state index in [2.05, 4.69) is 208 Å². The van der Waals surface area contributed by atoms with Gasteiger partial charge in [0, 0.05) is 62.4 Å². The van der Waals surface area contributed by atoms with Crippen LogP contribution in [0.25, 0.3) is 65.9 Å². The Morgan fingerprint density at radius 3 is 1.70 bits per heavy atom. The van der Waals surface area contributed by atoms with Gasteiger partial charge >= 0.3 is 0 Å². The molecule has 0 fully saturated rings. The van der Waals surface area contributed by atoms with Gasteiger partial charge in [-0.15, -0.1) is 0 Å². The van der Waals surface area contributed by atoms with Gasteiger partial charge in [0.15, 0.2) is 0 Å². The standard InChI is InChI=1S/C51H34N4S/c1-5-14-33(15-6-1)50-52-47-46-40-23-13-22-38(39(40)26-27-45(46)55(51(47)56-50)37-20-11-4-12-21-37)34-24-25-41-44(32-34)42-28-30-53(35-16-7-2-8-17-35)49(42)43-29-31-54(48(41)43)36-18-9-3-10-19-36/h1-32,47,51H. The van der Waals surface area contributed by atoms with Gasteiger partial charge in [0.1, 0.15) is 16.5 Å². The van der Waals surface area contributed by atoms with Crippen LogP contribution in [-0.4, -0.2) is 19.6 Å². The number of hydrogen-bond acceptors (Lipinski definition) is 3. The van der Waals surface area contributed by atoms with Crippen molar-refractivity contribution in [3.8, 4) is 22.5 Å². The van der Waals surface area contributed by atoms with E-state index in [1.807, 2.05) is 11.8 Å². The smallest absolute Gasteiger partial charge is 0.113 e. The zero-order valence-electron chi connectivity index (χ0n) is 30.3. The molecular weight excluding hydrogens is 701 g/mol. The van der Waals surface area contributed by atoms with Crippen LogP contribution in [0, 0.1) is 0 Å². The summed E-state index contributed by atoms with van der Waals surface area (Å²) >= 11 is 1.88. The van der Waals surface area contributed by atoms with Gasteiger partial charge in [0.05, 0.1) is 11.0 Å². The molecule has 4 nitrogen and oxygen atoms in total. The lowest BCUT2D eigenvalue weighted by Crippen LogP contribution is -2.24. The fourth-order valence-corrected chi connectivity index (χ4v) is 10.6. The molecule has 2 atom stereocenters. The molecule has 2 unspecified atom stereocenters. The highest BCUT2D eigenvalue weighted by atomic mass is 32.2. The first-order chi connectivity index (χ1) is 27.8. The third kappa shape index (κ3) is 4.64. The number of thioether (sulfide) groups is 1. The van der Waals surface area contributed by atoms with Crippen molar-refractivity contribution in [3.63, 3.8) is 0 Å². The second-order valence-corrected chi connectivity index (χ2v) is 15.8. The highest BCUT2D eigenvalue weighted by molar-refractivity contribution is 8.15. The van der Waals surface area contributed by atoms with Crippen LogP contribution < -0.4 is 4.90 Å². The van der Waals surface area contributed by atoms with Crippen LogP contribution in [0.2, 0.25) is 0 Å². The summed E-state index contributed by atoms with van der Waals surface area (Å²) in [6.07, 6.45) is 4.45. The third-order valence-electron chi connectivity index (χ3n) is 11.7. The van der Waals surface area contributed by atoms with E-state index >= 15 is 0 Å². The molecule has 10 aromatic rings. The zero-order valence-corrected chi connectivity index (χ0v) is 31.1. The van der Waals surface area contributed by atoms with E-state index in [1.54, 1.807) is 0 Å². The minimum Gasteiger partial charge on any atom is -0.326 e. The first-order valence-corrected chi connectivity index (χ1v) is 20.1. The molecule has 0 amide bonds. The van der Waals surface area contributed by atoms with Crippen molar-refractivity contribution in [1.29, 1.82) is 0 Å². The Labute approximate surface area is 328 Å². The van der Waals surface area contributed by atoms with Crippen molar-refractivity contribution in [1.82, 2.24) is 9.13 Å². The summed E-state index contributed by atoms with van der Waals surface area (Å²) in [5.41, 5.74) is 12.1. The number of hydrogen-bond donors (Lipinski definition) is 0. The summed E-state index contributed by atoms with van der Waals surface area (Å²) in [6.45, 7) is 0. The quantitative estimate of drug-likeness (QED) is 0.176. The average Bonchev–Trinajstić information content (AvgIpc) is 4.07. The Bertz CT molecular complexity index is 3170. The Balaban J connectivity index is 1.08. The van der Waals surface area contributed by atoms with Gasteiger partial charge < -0.3 is 14.0 Å². The Morgan fingerprint density at radius 2 is 1.02 bits per heavy atom. The Morgan fingerprint density at radius 1 is 0.429 bits per heavy atom. The van der Waals surface area contributed by atoms with Gasteiger partial charge in [-0.05, 0) is 87.9 Å². The molecule has 0 N–H and O–H groups in total. The number of benzene rings is 8.